The van der Waals surface area contributed by atoms with E-state index in [0.29, 0.717) is 37.0 Å². The summed E-state index contributed by atoms with van der Waals surface area (Å²) in [5, 5.41) is 5.27. The Kier molecular flexibility index (Phi) is 6.08. The molecule has 1 aromatic heterocycles. The van der Waals surface area contributed by atoms with E-state index in [1.807, 2.05) is 30.9 Å². The summed E-state index contributed by atoms with van der Waals surface area (Å²) in [6.07, 6.45) is 1.74. The number of carbonyl (C=O) groups is 2. The number of anilines is 3. The number of urea groups is 1. The van der Waals surface area contributed by atoms with Gasteiger partial charge in [-0.1, -0.05) is 29.8 Å². The van der Waals surface area contributed by atoms with Gasteiger partial charge in [0.15, 0.2) is 11.6 Å². The Bertz CT molecular complexity index is 1240. The molecule has 2 aromatic carbocycles. The van der Waals surface area contributed by atoms with Gasteiger partial charge in [0.2, 0.25) is 0 Å². The summed E-state index contributed by atoms with van der Waals surface area (Å²) in [5.74, 6) is 1.28. The average molecular weight is 473 g/mol. The average Bonchev–Trinajstić information content (AvgIpc) is 2.89. The quantitative estimate of drug-likeness (QED) is 0.603. The molecule has 0 bridgehead atoms. The van der Waals surface area contributed by atoms with Crippen molar-refractivity contribution in [1.29, 1.82) is 0 Å². The molecule has 0 saturated carbocycles. The number of aromatic nitrogens is 2. The molecule has 1 saturated heterocycles. The monoisotopic (exact) mass is 472 g/mol. The number of morpholine rings is 1. The number of ether oxygens (including phenoxy) is 1. The molecule has 2 N–H and O–H groups in total. The summed E-state index contributed by atoms with van der Waals surface area (Å²) in [4.78, 5) is 38.6. The minimum absolute atomic E-state index is 0.00810. The molecule has 1 fully saturated rings. The van der Waals surface area contributed by atoms with E-state index >= 15 is 0 Å². The lowest BCUT2D eigenvalue weighted by molar-refractivity contribution is -0.123. The largest absolute Gasteiger partial charge is 0.377 e. The highest BCUT2D eigenvalue weighted by molar-refractivity contribution is 6.05. The van der Waals surface area contributed by atoms with Gasteiger partial charge in [-0.3, -0.25) is 9.69 Å². The fraction of sp³-hybridized carbons (Fsp3) is 0.308. The maximum atomic E-state index is 13.6. The normalized spacial score (nSPS) is 17.9. The summed E-state index contributed by atoms with van der Waals surface area (Å²) in [5.41, 5.74) is 4.40. The number of fused-ring (bicyclic) bond motifs is 3. The lowest BCUT2D eigenvalue weighted by Crippen LogP contribution is -2.59. The third-order valence-electron chi connectivity index (χ3n) is 6.51. The number of aryl methyl sites for hydroxylation is 1. The third kappa shape index (κ3) is 4.30. The van der Waals surface area contributed by atoms with E-state index < -0.39 is 6.04 Å². The van der Waals surface area contributed by atoms with E-state index in [1.54, 1.807) is 30.3 Å². The molecular formula is C26H28N6O3. The Balaban J connectivity index is 1.53. The van der Waals surface area contributed by atoms with Crippen LogP contribution >= 0.6 is 0 Å². The maximum absolute atomic E-state index is 13.6. The molecule has 180 valence electrons. The number of nitrogens with zero attached hydrogens (tertiary/aromatic N) is 4. The number of rotatable bonds is 4. The number of nitrogens with one attached hydrogen (secondary N) is 2. The van der Waals surface area contributed by atoms with Crippen LogP contribution in [0, 0.1) is 6.92 Å². The highest BCUT2D eigenvalue weighted by atomic mass is 16.5. The molecule has 2 atom stereocenters. The highest BCUT2D eigenvalue weighted by Crippen LogP contribution is 2.40. The van der Waals surface area contributed by atoms with Crippen LogP contribution in [0.1, 0.15) is 24.1 Å². The van der Waals surface area contributed by atoms with Crippen molar-refractivity contribution >= 4 is 29.1 Å². The van der Waals surface area contributed by atoms with Crippen LogP contribution in [0.25, 0.3) is 11.4 Å². The number of carbonyl (C=O) groups excluding carboxylic acids is 2. The summed E-state index contributed by atoms with van der Waals surface area (Å²) in [6, 6.07) is 14.7. The molecule has 3 heterocycles. The van der Waals surface area contributed by atoms with E-state index in [1.165, 1.54) is 5.56 Å². The summed E-state index contributed by atoms with van der Waals surface area (Å²) < 4.78 is 5.67. The summed E-state index contributed by atoms with van der Waals surface area (Å²) in [6.45, 7) is 5.52. The molecule has 3 amide bonds. The zero-order chi connectivity index (χ0) is 24.5. The number of hydrogen-bond donors (Lipinski definition) is 2. The smallest absolute Gasteiger partial charge is 0.318 e. The molecule has 0 spiro atoms. The Morgan fingerprint density at radius 2 is 1.89 bits per heavy atom. The fourth-order valence-corrected chi connectivity index (χ4v) is 4.52. The van der Waals surface area contributed by atoms with Gasteiger partial charge in [0, 0.05) is 24.8 Å². The summed E-state index contributed by atoms with van der Waals surface area (Å²) in [7, 11) is 1.57. The van der Waals surface area contributed by atoms with Crippen molar-refractivity contribution in [1.82, 2.24) is 15.3 Å². The molecule has 0 radical (unpaired) electrons. The molecular weight excluding hydrogens is 444 g/mol. The lowest BCUT2D eigenvalue weighted by atomic mass is 10.0. The predicted octanol–water partition coefficient (Wildman–Crippen LogP) is 3.52. The fourth-order valence-electron chi connectivity index (χ4n) is 4.52. The van der Waals surface area contributed by atoms with Gasteiger partial charge >= 0.3 is 6.03 Å². The van der Waals surface area contributed by atoms with Crippen LogP contribution in [0.4, 0.5) is 22.0 Å². The summed E-state index contributed by atoms with van der Waals surface area (Å²) >= 11 is 0. The first-order chi connectivity index (χ1) is 17.0. The topological polar surface area (TPSA) is 99.7 Å². The van der Waals surface area contributed by atoms with E-state index in [-0.39, 0.29) is 18.0 Å². The van der Waals surface area contributed by atoms with E-state index in [0.717, 1.165) is 16.9 Å². The van der Waals surface area contributed by atoms with Gasteiger partial charge in [0.1, 0.15) is 11.7 Å². The molecule has 3 aromatic rings. The van der Waals surface area contributed by atoms with Crippen molar-refractivity contribution in [2.75, 3.05) is 41.9 Å². The van der Waals surface area contributed by atoms with Gasteiger partial charge in [0.05, 0.1) is 25.5 Å². The number of hydrogen-bond acceptors (Lipinski definition) is 6. The number of amides is 3. The van der Waals surface area contributed by atoms with E-state index in [2.05, 4.69) is 39.9 Å². The van der Waals surface area contributed by atoms with Gasteiger partial charge in [0.25, 0.3) is 5.91 Å². The van der Waals surface area contributed by atoms with Gasteiger partial charge < -0.3 is 20.3 Å². The minimum Gasteiger partial charge on any atom is -0.377 e. The van der Waals surface area contributed by atoms with Crippen LogP contribution in [0.5, 0.6) is 0 Å². The van der Waals surface area contributed by atoms with Crippen LogP contribution in [0.3, 0.4) is 0 Å². The second kappa shape index (κ2) is 9.34. The molecule has 9 heteroatoms. The zero-order valence-electron chi connectivity index (χ0n) is 20.0. The van der Waals surface area contributed by atoms with Crippen LogP contribution in [-0.4, -0.2) is 54.8 Å². The van der Waals surface area contributed by atoms with Gasteiger partial charge in [-0.25, -0.2) is 14.8 Å². The van der Waals surface area contributed by atoms with Crippen LogP contribution in [0.15, 0.2) is 54.7 Å². The van der Waals surface area contributed by atoms with Gasteiger partial charge in [-0.05, 0) is 43.7 Å². The zero-order valence-corrected chi connectivity index (χ0v) is 20.0. The first-order valence-electron chi connectivity index (χ1n) is 11.7. The van der Waals surface area contributed by atoms with Crippen molar-refractivity contribution in [2.45, 2.75) is 25.9 Å². The molecule has 5 rings (SSSR count). The minimum atomic E-state index is -0.425. The maximum Gasteiger partial charge on any atom is 0.318 e. The van der Waals surface area contributed by atoms with Crippen molar-refractivity contribution in [3.05, 3.63) is 65.9 Å². The van der Waals surface area contributed by atoms with Gasteiger partial charge in [-0.15, -0.1) is 0 Å². The second-order valence-electron chi connectivity index (χ2n) is 8.76. The molecule has 35 heavy (non-hydrogen) atoms. The first-order valence-corrected chi connectivity index (χ1v) is 11.7. The third-order valence-corrected chi connectivity index (χ3v) is 6.51. The van der Waals surface area contributed by atoms with E-state index in [4.69, 9.17) is 9.72 Å². The molecule has 0 unspecified atom stereocenters. The van der Waals surface area contributed by atoms with Crippen molar-refractivity contribution in [3.8, 4) is 11.4 Å². The van der Waals surface area contributed by atoms with E-state index in [9.17, 15) is 9.59 Å². The van der Waals surface area contributed by atoms with Crippen molar-refractivity contribution in [3.63, 3.8) is 0 Å². The molecule has 2 aliphatic heterocycles. The molecule has 0 aliphatic carbocycles. The number of benzene rings is 2. The van der Waals surface area contributed by atoms with Crippen LogP contribution in [-0.2, 0) is 9.53 Å². The lowest BCUT2D eigenvalue weighted by Gasteiger charge is -2.45. The Morgan fingerprint density at radius 1 is 1.14 bits per heavy atom. The Labute approximate surface area is 204 Å². The van der Waals surface area contributed by atoms with Crippen LogP contribution < -0.4 is 20.4 Å². The van der Waals surface area contributed by atoms with Crippen molar-refractivity contribution in [2.24, 2.45) is 0 Å². The standard InChI is InChI=1S/C26H28N6O3/c1-16-4-6-18(7-5-16)17(2)32-21-14-28-23(19-8-10-20(11-9-19)29-26(34)27-3)30-24(21)31-12-13-35-15-22(31)25(32)33/h4-11,14,17,22H,12-13,15H2,1-3H3,(H2,27,29,34)/t17-,22+/m0/s1. The SMILES string of the molecule is CNC(=O)Nc1ccc(-c2ncc3c(n2)N2CCOC[C@@H]2C(=O)N3[C@@H](C)c2ccc(C)cc2)cc1. The van der Waals surface area contributed by atoms with Crippen LogP contribution in [0.2, 0.25) is 0 Å². The Morgan fingerprint density at radius 3 is 2.60 bits per heavy atom. The molecule has 9 nitrogen and oxygen atoms in total. The Hall–Kier alpha value is -3.98. The highest BCUT2D eigenvalue weighted by Gasteiger charge is 2.43. The van der Waals surface area contributed by atoms with Gasteiger partial charge in [-0.2, -0.15) is 0 Å². The first kappa shape index (κ1) is 22.8. The second-order valence-corrected chi connectivity index (χ2v) is 8.76. The predicted molar refractivity (Wildman–Crippen MR) is 135 cm³/mol. The van der Waals surface area contributed by atoms with Crippen molar-refractivity contribution < 1.29 is 14.3 Å². The molecule has 2 aliphatic rings.